The third-order valence-corrected chi connectivity index (χ3v) is 3.97. The van der Waals surface area contributed by atoms with Crippen LogP contribution in [0.2, 0.25) is 0 Å². The van der Waals surface area contributed by atoms with Crippen molar-refractivity contribution in [3.63, 3.8) is 0 Å². The number of fused-ring (bicyclic) bond motifs is 1. The normalized spacial score (nSPS) is 17.7. The quantitative estimate of drug-likeness (QED) is 0.755. The molecule has 0 bridgehead atoms. The number of aromatic nitrogens is 4. The number of hydrogen-bond acceptors (Lipinski definition) is 3. The summed E-state index contributed by atoms with van der Waals surface area (Å²) in [5.74, 6) is 0.944. The second-order valence-electron chi connectivity index (χ2n) is 5.40. The van der Waals surface area contributed by atoms with Crippen molar-refractivity contribution >= 4 is 0 Å². The first-order valence-electron chi connectivity index (χ1n) is 7.19. The van der Waals surface area contributed by atoms with Crippen molar-refractivity contribution in [3.8, 4) is 5.82 Å². The Labute approximate surface area is 123 Å². The van der Waals surface area contributed by atoms with Crippen LogP contribution in [0.4, 0.5) is 0 Å². The van der Waals surface area contributed by atoms with Crippen molar-refractivity contribution in [1.29, 1.82) is 0 Å². The summed E-state index contributed by atoms with van der Waals surface area (Å²) in [4.78, 5) is 12.2. The van der Waals surface area contributed by atoms with Crippen molar-refractivity contribution < 1.29 is 0 Å². The van der Waals surface area contributed by atoms with Gasteiger partial charge in [-0.25, -0.2) is 9.97 Å². The Bertz CT molecular complexity index is 770. The molecule has 0 aromatic carbocycles. The highest BCUT2D eigenvalue weighted by Crippen LogP contribution is 2.28. The minimum Gasteiger partial charge on any atom is -0.348 e. The SMILES string of the molecule is Cc1ccnc(-n2cccc2[C@@H]2NCCc3[nH]cnc32)c1. The number of hydrogen-bond donors (Lipinski definition) is 2. The Kier molecular flexibility index (Phi) is 2.86. The molecule has 4 rings (SSSR count). The van der Waals surface area contributed by atoms with Crippen LogP contribution in [0.25, 0.3) is 5.82 Å². The van der Waals surface area contributed by atoms with Crippen LogP contribution in [-0.4, -0.2) is 26.1 Å². The Morgan fingerprint density at radius 1 is 1.29 bits per heavy atom. The van der Waals surface area contributed by atoms with E-state index in [0.717, 1.165) is 24.5 Å². The van der Waals surface area contributed by atoms with Crippen LogP contribution >= 0.6 is 0 Å². The zero-order valence-corrected chi connectivity index (χ0v) is 11.9. The van der Waals surface area contributed by atoms with Crippen molar-refractivity contribution in [3.05, 3.63) is 65.6 Å². The largest absolute Gasteiger partial charge is 0.348 e. The van der Waals surface area contributed by atoms with E-state index in [-0.39, 0.29) is 6.04 Å². The van der Waals surface area contributed by atoms with E-state index in [4.69, 9.17) is 0 Å². The Morgan fingerprint density at radius 2 is 2.24 bits per heavy atom. The van der Waals surface area contributed by atoms with E-state index in [2.05, 4.69) is 56.2 Å². The third kappa shape index (κ3) is 2.06. The van der Waals surface area contributed by atoms with Crippen LogP contribution in [0.15, 0.2) is 43.0 Å². The van der Waals surface area contributed by atoms with Gasteiger partial charge >= 0.3 is 0 Å². The zero-order chi connectivity index (χ0) is 14.2. The van der Waals surface area contributed by atoms with E-state index in [9.17, 15) is 0 Å². The number of aromatic amines is 1. The average molecular weight is 279 g/mol. The van der Waals surface area contributed by atoms with Crippen LogP contribution in [-0.2, 0) is 6.42 Å². The van der Waals surface area contributed by atoms with Gasteiger partial charge in [0.2, 0.25) is 0 Å². The van der Waals surface area contributed by atoms with Crippen LogP contribution in [0.3, 0.4) is 0 Å². The molecule has 0 aliphatic carbocycles. The third-order valence-electron chi connectivity index (χ3n) is 3.97. The molecule has 3 aromatic rings. The molecule has 5 heteroatoms. The number of imidazole rings is 1. The van der Waals surface area contributed by atoms with Crippen LogP contribution in [0.1, 0.15) is 28.7 Å². The van der Waals surface area contributed by atoms with Gasteiger partial charge in [0.25, 0.3) is 0 Å². The molecule has 0 unspecified atom stereocenters. The molecule has 1 atom stereocenters. The lowest BCUT2D eigenvalue weighted by Gasteiger charge is -2.24. The predicted octanol–water partition coefficient (Wildman–Crippen LogP) is 2.14. The average Bonchev–Trinajstić information content (AvgIpc) is 3.16. The van der Waals surface area contributed by atoms with Gasteiger partial charge in [-0.3, -0.25) is 0 Å². The summed E-state index contributed by atoms with van der Waals surface area (Å²) >= 11 is 0. The molecular formula is C16H17N5. The Balaban J connectivity index is 1.81. The minimum atomic E-state index is 0.109. The van der Waals surface area contributed by atoms with E-state index in [0.29, 0.717) is 0 Å². The number of nitrogens with zero attached hydrogens (tertiary/aromatic N) is 3. The van der Waals surface area contributed by atoms with Crippen molar-refractivity contribution in [2.24, 2.45) is 0 Å². The lowest BCUT2D eigenvalue weighted by atomic mass is 10.0. The minimum absolute atomic E-state index is 0.109. The van der Waals surface area contributed by atoms with E-state index >= 15 is 0 Å². The van der Waals surface area contributed by atoms with E-state index < -0.39 is 0 Å². The van der Waals surface area contributed by atoms with Gasteiger partial charge in [0.15, 0.2) is 0 Å². The summed E-state index contributed by atoms with van der Waals surface area (Å²) in [7, 11) is 0. The fraction of sp³-hybridized carbons (Fsp3) is 0.250. The monoisotopic (exact) mass is 279 g/mol. The lowest BCUT2D eigenvalue weighted by Crippen LogP contribution is -2.32. The highest BCUT2D eigenvalue weighted by molar-refractivity contribution is 5.36. The molecular weight excluding hydrogens is 262 g/mol. The maximum Gasteiger partial charge on any atom is 0.137 e. The lowest BCUT2D eigenvalue weighted by molar-refractivity contribution is 0.536. The number of pyridine rings is 1. The predicted molar refractivity (Wildman–Crippen MR) is 80.4 cm³/mol. The standard InChI is InChI=1S/C16H17N5/c1-11-4-6-17-14(9-11)21-8-2-3-13(21)16-15-12(5-7-18-16)19-10-20-15/h2-4,6,8-10,16,18H,5,7H2,1H3,(H,19,20)/t16-/m0/s1. The summed E-state index contributed by atoms with van der Waals surface area (Å²) in [6.45, 7) is 3.03. The Hall–Kier alpha value is -2.40. The molecule has 106 valence electrons. The van der Waals surface area contributed by atoms with Crippen LogP contribution in [0.5, 0.6) is 0 Å². The van der Waals surface area contributed by atoms with Crippen molar-refractivity contribution in [2.75, 3.05) is 6.54 Å². The van der Waals surface area contributed by atoms with E-state index in [1.165, 1.54) is 17.0 Å². The highest BCUT2D eigenvalue weighted by atomic mass is 15.1. The summed E-state index contributed by atoms with van der Waals surface area (Å²) < 4.78 is 2.13. The number of aryl methyl sites for hydroxylation is 1. The maximum atomic E-state index is 4.49. The molecule has 4 heterocycles. The van der Waals surface area contributed by atoms with Crippen molar-refractivity contribution in [2.45, 2.75) is 19.4 Å². The maximum absolute atomic E-state index is 4.49. The molecule has 0 spiro atoms. The fourth-order valence-electron chi connectivity index (χ4n) is 2.95. The van der Waals surface area contributed by atoms with Crippen LogP contribution in [0, 0.1) is 6.92 Å². The summed E-state index contributed by atoms with van der Waals surface area (Å²) in [6, 6.07) is 8.40. The van der Waals surface area contributed by atoms with Gasteiger partial charge in [0.05, 0.1) is 18.1 Å². The zero-order valence-electron chi connectivity index (χ0n) is 11.9. The number of nitrogens with one attached hydrogen (secondary N) is 2. The van der Waals surface area contributed by atoms with E-state index in [1.54, 1.807) is 6.33 Å². The van der Waals surface area contributed by atoms with Gasteiger partial charge in [0.1, 0.15) is 5.82 Å². The first-order valence-corrected chi connectivity index (χ1v) is 7.19. The highest BCUT2D eigenvalue weighted by Gasteiger charge is 2.26. The molecule has 0 saturated carbocycles. The Morgan fingerprint density at radius 3 is 3.14 bits per heavy atom. The first kappa shape index (κ1) is 12.3. The van der Waals surface area contributed by atoms with Gasteiger partial charge in [-0.2, -0.15) is 0 Å². The number of rotatable bonds is 2. The van der Waals surface area contributed by atoms with Gasteiger partial charge in [-0.05, 0) is 36.8 Å². The molecule has 0 radical (unpaired) electrons. The molecule has 0 fully saturated rings. The molecule has 1 aliphatic rings. The van der Waals surface area contributed by atoms with E-state index in [1.807, 2.05) is 12.3 Å². The smallest absolute Gasteiger partial charge is 0.137 e. The summed E-state index contributed by atoms with van der Waals surface area (Å²) in [6.07, 6.45) is 6.68. The second-order valence-corrected chi connectivity index (χ2v) is 5.40. The molecule has 21 heavy (non-hydrogen) atoms. The number of H-pyrrole nitrogens is 1. The van der Waals surface area contributed by atoms with Gasteiger partial charge in [0, 0.05) is 36.7 Å². The fourth-order valence-corrected chi connectivity index (χ4v) is 2.95. The van der Waals surface area contributed by atoms with Crippen molar-refractivity contribution in [1.82, 2.24) is 24.8 Å². The molecule has 3 aromatic heterocycles. The molecule has 0 amide bonds. The van der Waals surface area contributed by atoms with Crippen LogP contribution < -0.4 is 5.32 Å². The van der Waals surface area contributed by atoms with Gasteiger partial charge in [-0.15, -0.1) is 0 Å². The van der Waals surface area contributed by atoms with Gasteiger partial charge < -0.3 is 14.9 Å². The molecule has 1 aliphatic heterocycles. The second kappa shape index (κ2) is 4.86. The molecule has 2 N–H and O–H groups in total. The topological polar surface area (TPSA) is 58.5 Å². The van der Waals surface area contributed by atoms with Gasteiger partial charge in [-0.1, -0.05) is 0 Å². The molecule has 0 saturated heterocycles. The summed E-state index contributed by atoms with van der Waals surface area (Å²) in [5.41, 5.74) is 4.69. The molecule has 5 nitrogen and oxygen atoms in total. The summed E-state index contributed by atoms with van der Waals surface area (Å²) in [5, 5.41) is 3.56. The first-order chi connectivity index (χ1) is 10.3.